The van der Waals surface area contributed by atoms with E-state index in [0.717, 1.165) is 24.2 Å². The number of likely N-dealkylation sites (tertiary alicyclic amines) is 1. The lowest BCUT2D eigenvalue weighted by Crippen LogP contribution is -2.30. The van der Waals surface area contributed by atoms with Crippen molar-refractivity contribution in [2.24, 2.45) is 0 Å². The first-order chi connectivity index (χ1) is 16.2. The van der Waals surface area contributed by atoms with Crippen LogP contribution in [0.2, 0.25) is 0 Å². The molecule has 0 radical (unpaired) electrons. The largest absolute Gasteiger partial charge is 0.493 e. The smallest absolute Gasteiger partial charge is 0.231 e. The molecule has 0 unspecified atom stereocenters. The van der Waals surface area contributed by atoms with Gasteiger partial charge in [0.25, 0.3) is 0 Å². The second-order valence-corrected chi connectivity index (χ2v) is 8.52. The van der Waals surface area contributed by atoms with Gasteiger partial charge in [0.1, 0.15) is 11.5 Å². The van der Waals surface area contributed by atoms with Crippen molar-refractivity contribution in [2.75, 3.05) is 40.5 Å². The van der Waals surface area contributed by atoms with Gasteiger partial charge in [0.2, 0.25) is 5.78 Å². The van der Waals surface area contributed by atoms with Gasteiger partial charge < -0.3 is 23.8 Å². The predicted molar refractivity (Wildman–Crippen MR) is 136 cm³/mol. The van der Waals surface area contributed by atoms with Gasteiger partial charge in [-0.05, 0) is 87.6 Å². The normalized spacial score (nSPS) is 16.5. The summed E-state index contributed by atoms with van der Waals surface area (Å²) in [4.78, 5) is 15.3. The number of unbranched alkanes of at least 4 members (excludes halogenated alkanes) is 2. The number of ketones is 1. The number of fused-ring (bicyclic) bond motifs is 1. The van der Waals surface area contributed by atoms with Crippen LogP contribution in [0.4, 0.5) is 0 Å². The third kappa shape index (κ3) is 6.45. The van der Waals surface area contributed by atoms with Crippen LogP contribution in [-0.2, 0) is 0 Å². The van der Waals surface area contributed by atoms with Crippen molar-refractivity contribution in [2.45, 2.75) is 38.5 Å². The van der Waals surface area contributed by atoms with E-state index in [9.17, 15) is 4.79 Å². The predicted octanol–water partition coefficient (Wildman–Crippen LogP) is 5.78. The van der Waals surface area contributed by atoms with E-state index in [2.05, 4.69) is 4.90 Å². The molecular formula is C27H34ClNO5. The molecule has 2 aromatic carbocycles. The minimum Gasteiger partial charge on any atom is -0.493 e. The quantitative estimate of drug-likeness (QED) is 0.313. The molecule has 0 amide bonds. The zero-order chi connectivity index (χ0) is 23.0. The fraction of sp³-hybridized carbons (Fsp3) is 0.444. The average Bonchev–Trinajstić information content (AvgIpc) is 3.16. The van der Waals surface area contributed by atoms with Crippen molar-refractivity contribution in [1.82, 2.24) is 4.90 Å². The van der Waals surface area contributed by atoms with Gasteiger partial charge in [-0.25, -0.2) is 0 Å². The van der Waals surface area contributed by atoms with Crippen LogP contribution in [0, 0.1) is 0 Å². The number of ether oxygens (including phenoxy) is 4. The van der Waals surface area contributed by atoms with Gasteiger partial charge in [-0.1, -0.05) is 12.5 Å². The standard InChI is InChI=1S/C27H33NO5.ClH/c1-30-23-12-9-20(17-25(23)31-2)18-26-27(29)22-11-10-21(19-24(22)33-26)32-16-8-4-7-15-28-13-5-3-6-14-28;/h9-12,17-19H,3-8,13-16H2,1-2H3;1H/b26-18-;. The zero-order valence-corrected chi connectivity index (χ0v) is 20.8. The minimum absolute atomic E-state index is 0. The van der Waals surface area contributed by atoms with Crippen LogP contribution >= 0.6 is 12.4 Å². The summed E-state index contributed by atoms with van der Waals surface area (Å²) in [5, 5.41) is 0. The lowest BCUT2D eigenvalue weighted by atomic mass is 10.1. The van der Waals surface area contributed by atoms with Crippen LogP contribution < -0.4 is 18.9 Å². The number of carbonyl (C=O) groups excluding carboxylic acids is 1. The number of Topliss-reactive ketones (excluding diaryl/α,β-unsaturated/α-hetero) is 1. The average molecular weight is 488 g/mol. The molecule has 1 fully saturated rings. The molecule has 0 aliphatic carbocycles. The number of nitrogens with zero attached hydrogens (tertiary/aromatic N) is 1. The third-order valence-electron chi connectivity index (χ3n) is 6.18. The number of methoxy groups -OCH3 is 2. The maximum absolute atomic E-state index is 12.8. The monoisotopic (exact) mass is 487 g/mol. The van der Waals surface area contributed by atoms with E-state index in [1.54, 1.807) is 38.5 Å². The molecule has 34 heavy (non-hydrogen) atoms. The van der Waals surface area contributed by atoms with E-state index in [1.165, 1.54) is 45.3 Å². The lowest BCUT2D eigenvalue weighted by Gasteiger charge is -2.26. The fourth-order valence-corrected chi connectivity index (χ4v) is 4.34. The Kier molecular flexibility index (Phi) is 9.66. The molecule has 7 heteroatoms. The first-order valence-corrected chi connectivity index (χ1v) is 11.8. The number of carbonyl (C=O) groups is 1. The molecule has 0 N–H and O–H groups in total. The van der Waals surface area contributed by atoms with Gasteiger partial charge in [-0.15, -0.1) is 12.4 Å². The Balaban J connectivity index is 0.00000324. The van der Waals surface area contributed by atoms with Crippen molar-refractivity contribution in [3.63, 3.8) is 0 Å². The zero-order valence-electron chi connectivity index (χ0n) is 20.0. The molecule has 4 rings (SSSR count). The van der Waals surface area contributed by atoms with Gasteiger partial charge in [0.05, 0.1) is 26.4 Å². The molecule has 0 aromatic heterocycles. The van der Waals surface area contributed by atoms with Gasteiger partial charge >= 0.3 is 0 Å². The van der Waals surface area contributed by atoms with Crippen molar-refractivity contribution >= 4 is 24.3 Å². The minimum atomic E-state index is -0.135. The molecule has 0 atom stereocenters. The molecular weight excluding hydrogens is 454 g/mol. The van der Waals surface area contributed by atoms with Crippen LogP contribution in [0.25, 0.3) is 6.08 Å². The number of piperidine rings is 1. The Hall–Kier alpha value is -2.70. The summed E-state index contributed by atoms with van der Waals surface area (Å²) in [6.07, 6.45) is 9.19. The Bertz CT molecular complexity index is 1000. The van der Waals surface area contributed by atoms with Gasteiger partial charge in [-0.2, -0.15) is 0 Å². The number of allylic oxidation sites excluding steroid dienone is 1. The Labute approximate surface area is 208 Å². The fourth-order valence-electron chi connectivity index (χ4n) is 4.34. The molecule has 1 saturated heterocycles. The molecule has 0 saturated carbocycles. The summed E-state index contributed by atoms with van der Waals surface area (Å²) in [5.41, 5.74) is 1.35. The van der Waals surface area contributed by atoms with E-state index in [4.69, 9.17) is 18.9 Å². The topological polar surface area (TPSA) is 57.2 Å². The van der Waals surface area contributed by atoms with Gasteiger partial charge in [0.15, 0.2) is 17.3 Å². The first kappa shape index (κ1) is 25.9. The maximum atomic E-state index is 12.8. The van der Waals surface area contributed by atoms with Crippen molar-refractivity contribution in [3.05, 3.63) is 53.3 Å². The summed E-state index contributed by atoms with van der Waals surface area (Å²) in [6.45, 7) is 4.38. The van der Waals surface area contributed by atoms with Crippen molar-refractivity contribution in [3.8, 4) is 23.0 Å². The van der Waals surface area contributed by atoms with E-state index in [-0.39, 0.29) is 23.9 Å². The van der Waals surface area contributed by atoms with E-state index in [0.29, 0.717) is 29.4 Å². The maximum Gasteiger partial charge on any atom is 0.231 e. The Morgan fingerprint density at radius 3 is 2.50 bits per heavy atom. The molecule has 6 nitrogen and oxygen atoms in total. The lowest BCUT2D eigenvalue weighted by molar-refractivity contribution is 0.101. The molecule has 2 heterocycles. The van der Waals surface area contributed by atoms with E-state index in [1.807, 2.05) is 18.2 Å². The SMILES string of the molecule is COc1ccc(/C=C2\Oc3cc(OCCCCCN4CCCCC4)ccc3C2=O)cc1OC.Cl. The Morgan fingerprint density at radius 2 is 1.74 bits per heavy atom. The molecule has 2 aromatic rings. The van der Waals surface area contributed by atoms with Gasteiger partial charge in [0, 0.05) is 6.07 Å². The van der Waals surface area contributed by atoms with Crippen LogP contribution in [0.1, 0.15) is 54.4 Å². The van der Waals surface area contributed by atoms with E-state index >= 15 is 0 Å². The summed E-state index contributed by atoms with van der Waals surface area (Å²) in [6, 6.07) is 10.9. The molecule has 184 valence electrons. The molecule has 0 spiro atoms. The second kappa shape index (κ2) is 12.7. The highest BCUT2D eigenvalue weighted by molar-refractivity contribution is 6.14. The van der Waals surface area contributed by atoms with Crippen molar-refractivity contribution < 1.29 is 23.7 Å². The Morgan fingerprint density at radius 1 is 0.941 bits per heavy atom. The summed E-state index contributed by atoms with van der Waals surface area (Å²) in [5.74, 6) is 2.65. The number of halogens is 1. The summed E-state index contributed by atoms with van der Waals surface area (Å²) < 4.78 is 22.4. The number of benzene rings is 2. The highest BCUT2D eigenvalue weighted by Crippen LogP contribution is 2.36. The van der Waals surface area contributed by atoms with Gasteiger partial charge in [-0.3, -0.25) is 4.79 Å². The molecule has 2 aliphatic rings. The third-order valence-corrected chi connectivity index (χ3v) is 6.18. The molecule has 0 bridgehead atoms. The summed E-state index contributed by atoms with van der Waals surface area (Å²) in [7, 11) is 3.17. The van der Waals surface area contributed by atoms with Crippen LogP contribution in [0.3, 0.4) is 0 Å². The molecule has 2 aliphatic heterocycles. The van der Waals surface area contributed by atoms with Crippen LogP contribution in [-0.4, -0.2) is 51.1 Å². The van der Waals surface area contributed by atoms with Crippen LogP contribution in [0.5, 0.6) is 23.0 Å². The summed E-state index contributed by atoms with van der Waals surface area (Å²) >= 11 is 0. The highest BCUT2D eigenvalue weighted by Gasteiger charge is 2.27. The first-order valence-electron chi connectivity index (χ1n) is 11.8. The van der Waals surface area contributed by atoms with Crippen molar-refractivity contribution in [1.29, 1.82) is 0 Å². The number of hydrogen-bond donors (Lipinski definition) is 0. The number of rotatable bonds is 10. The number of hydrogen-bond acceptors (Lipinski definition) is 6. The highest BCUT2D eigenvalue weighted by atomic mass is 35.5. The van der Waals surface area contributed by atoms with Crippen LogP contribution in [0.15, 0.2) is 42.2 Å². The second-order valence-electron chi connectivity index (χ2n) is 8.52. The van der Waals surface area contributed by atoms with E-state index < -0.39 is 0 Å².